The molecule has 0 spiro atoms. The van der Waals surface area contributed by atoms with Gasteiger partial charge in [-0.05, 0) is 43.2 Å². The zero-order chi connectivity index (χ0) is 22.0. The first-order chi connectivity index (χ1) is 14.9. The van der Waals surface area contributed by atoms with Crippen LogP contribution in [0.1, 0.15) is 19.3 Å². The van der Waals surface area contributed by atoms with Gasteiger partial charge >= 0.3 is 6.03 Å². The standard InChI is InChI=1S/C21H23ClFN5O2S/c22-13-4-6-14(7-5-13)25-21(30)26-16-12-18-17(11-15(16)23)28(20(24)31-18)10-9-27-8-2-1-3-19(27)29/h4-7,11-12,20H,1-3,8-10,24H2,(H2,25,26,30). The number of amides is 3. The molecule has 2 aromatic rings. The summed E-state index contributed by atoms with van der Waals surface area (Å²) in [5.74, 6) is -0.400. The Labute approximate surface area is 189 Å². The van der Waals surface area contributed by atoms with Crippen molar-refractivity contribution in [2.45, 2.75) is 29.7 Å². The first kappa shape index (κ1) is 21.7. The van der Waals surface area contributed by atoms with Gasteiger partial charge in [-0.3, -0.25) is 4.79 Å². The van der Waals surface area contributed by atoms with E-state index in [2.05, 4.69) is 10.6 Å². The summed E-state index contributed by atoms with van der Waals surface area (Å²) in [7, 11) is 0. The van der Waals surface area contributed by atoms with Crippen LogP contribution in [0.3, 0.4) is 0 Å². The number of fused-ring (bicyclic) bond motifs is 1. The zero-order valence-electron chi connectivity index (χ0n) is 16.7. The molecule has 0 bridgehead atoms. The van der Waals surface area contributed by atoms with Crippen molar-refractivity contribution < 1.29 is 14.0 Å². The van der Waals surface area contributed by atoms with Crippen LogP contribution in [0, 0.1) is 5.82 Å². The Kier molecular flexibility index (Phi) is 6.54. The number of rotatable bonds is 5. The largest absolute Gasteiger partial charge is 0.344 e. The molecule has 4 N–H and O–H groups in total. The van der Waals surface area contributed by atoms with Gasteiger partial charge in [-0.2, -0.15) is 0 Å². The van der Waals surface area contributed by atoms with Crippen LogP contribution in [-0.2, 0) is 4.79 Å². The smallest absolute Gasteiger partial charge is 0.323 e. The van der Waals surface area contributed by atoms with Gasteiger partial charge in [0, 0.05) is 47.7 Å². The number of carbonyl (C=O) groups is 2. The molecule has 1 saturated heterocycles. The molecule has 10 heteroatoms. The highest BCUT2D eigenvalue weighted by Gasteiger charge is 2.30. The Morgan fingerprint density at radius 2 is 1.97 bits per heavy atom. The number of nitrogens with one attached hydrogen (secondary N) is 2. The monoisotopic (exact) mass is 463 g/mol. The Hall–Kier alpha value is -2.49. The molecule has 1 fully saturated rings. The minimum absolute atomic E-state index is 0.0676. The van der Waals surface area contributed by atoms with E-state index in [0.717, 1.165) is 24.3 Å². The van der Waals surface area contributed by atoms with Gasteiger partial charge in [0.2, 0.25) is 5.91 Å². The normalized spacial score (nSPS) is 18.2. The SMILES string of the molecule is NC1Sc2cc(NC(=O)Nc3ccc(Cl)cc3)c(F)cc2N1CCN1CCCCC1=O. The minimum Gasteiger partial charge on any atom is -0.344 e. The summed E-state index contributed by atoms with van der Waals surface area (Å²) >= 11 is 7.23. The van der Waals surface area contributed by atoms with E-state index in [-0.39, 0.29) is 17.1 Å². The summed E-state index contributed by atoms with van der Waals surface area (Å²) in [6.45, 7) is 1.83. The highest BCUT2D eigenvalue weighted by molar-refractivity contribution is 8.00. The van der Waals surface area contributed by atoms with E-state index in [9.17, 15) is 14.0 Å². The van der Waals surface area contributed by atoms with E-state index in [1.165, 1.54) is 17.8 Å². The van der Waals surface area contributed by atoms with E-state index in [1.807, 2.05) is 9.80 Å². The van der Waals surface area contributed by atoms with Crippen molar-refractivity contribution in [3.63, 3.8) is 0 Å². The number of thioether (sulfide) groups is 1. The van der Waals surface area contributed by atoms with Crippen LogP contribution in [0.15, 0.2) is 41.3 Å². The second-order valence-corrected chi connectivity index (χ2v) is 9.02. The first-order valence-electron chi connectivity index (χ1n) is 10.0. The Morgan fingerprint density at radius 3 is 2.71 bits per heavy atom. The molecule has 164 valence electrons. The van der Waals surface area contributed by atoms with Gasteiger partial charge in [-0.1, -0.05) is 23.4 Å². The summed E-state index contributed by atoms with van der Waals surface area (Å²) in [6.07, 6.45) is 2.52. The predicted octanol–water partition coefficient (Wildman–Crippen LogP) is 4.29. The zero-order valence-corrected chi connectivity index (χ0v) is 18.3. The molecule has 0 aromatic heterocycles. The highest BCUT2D eigenvalue weighted by atomic mass is 35.5. The van der Waals surface area contributed by atoms with Crippen molar-refractivity contribution in [2.75, 3.05) is 35.2 Å². The summed E-state index contributed by atoms with van der Waals surface area (Å²) in [5.41, 5.74) is 7.14. The molecule has 0 aliphatic carbocycles. The summed E-state index contributed by atoms with van der Waals surface area (Å²) in [6, 6.07) is 9.01. The van der Waals surface area contributed by atoms with Gasteiger partial charge in [0.05, 0.1) is 11.4 Å². The molecule has 1 unspecified atom stereocenters. The lowest BCUT2D eigenvalue weighted by Crippen LogP contribution is -2.44. The van der Waals surface area contributed by atoms with Crippen molar-refractivity contribution in [3.8, 4) is 0 Å². The Bertz CT molecular complexity index is 990. The van der Waals surface area contributed by atoms with E-state index < -0.39 is 11.8 Å². The number of benzene rings is 2. The van der Waals surface area contributed by atoms with E-state index in [1.54, 1.807) is 30.3 Å². The van der Waals surface area contributed by atoms with Crippen molar-refractivity contribution in [2.24, 2.45) is 5.73 Å². The maximum Gasteiger partial charge on any atom is 0.323 e. The quantitative estimate of drug-likeness (QED) is 0.615. The molecule has 0 radical (unpaired) electrons. The van der Waals surface area contributed by atoms with Gasteiger partial charge in [0.15, 0.2) is 0 Å². The number of anilines is 3. The van der Waals surface area contributed by atoms with Crippen LogP contribution >= 0.6 is 23.4 Å². The summed E-state index contributed by atoms with van der Waals surface area (Å²) < 4.78 is 14.8. The van der Waals surface area contributed by atoms with Crippen molar-refractivity contribution in [3.05, 3.63) is 47.2 Å². The van der Waals surface area contributed by atoms with Gasteiger partial charge < -0.3 is 26.2 Å². The molecule has 31 heavy (non-hydrogen) atoms. The molecule has 3 amide bonds. The molecule has 2 aromatic carbocycles. The fraction of sp³-hybridized carbons (Fsp3) is 0.333. The van der Waals surface area contributed by atoms with Crippen LogP contribution in [0.25, 0.3) is 0 Å². The third kappa shape index (κ3) is 5.06. The molecule has 0 saturated carbocycles. The number of carbonyl (C=O) groups excluding carboxylic acids is 2. The lowest BCUT2D eigenvalue weighted by molar-refractivity contribution is -0.133. The third-order valence-electron chi connectivity index (χ3n) is 5.30. The van der Waals surface area contributed by atoms with Crippen molar-refractivity contribution in [1.29, 1.82) is 0 Å². The summed E-state index contributed by atoms with van der Waals surface area (Å²) in [5, 5.41) is 5.73. The van der Waals surface area contributed by atoms with E-state index in [4.69, 9.17) is 17.3 Å². The number of nitrogens with zero attached hydrogens (tertiary/aromatic N) is 2. The molecular weight excluding hydrogens is 441 g/mol. The molecule has 1 atom stereocenters. The third-order valence-corrected chi connectivity index (χ3v) is 6.62. The number of urea groups is 1. The molecule has 4 rings (SSSR count). The predicted molar refractivity (Wildman–Crippen MR) is 122 cm³/mol. The van der Waals surface area contributed by atoms with Crippen LogP contribution in [0.2, 0.25) is 5.02 Å². The van der Waals surface area contributed by atoms with Gasteiger partial charge in [-0.15, -0.1) is 0 Å². The highest BCUT2D eigenvalue weighted by Crippen LogP contribution is 2.43. The van der Waals surface area contributed by atoms with E-state index >= 15 is 0 Å². The number of hydrogen-bond donors (Lipinski definition) is 3. The van der Waals surface area contributed by atoms with Crippen molar-refractivity contribution >= 4 is 52.4 Å². The number of likely N-dealkylation sites (tertiary alicyclic amines) is 1. The fourth-order valence-electron chi connectivity index (χ4n) is 3.68. The molecule has 2 heterocycles. The van der Waals surface area contributed by atoms with Gasteiger partial charge in [-0.25, -0.2) is 9.18 Å². The molecule has 7 nitrogen and oxygen atoms in total. The second-order valence-electron chi connectivity index (χ2n) is 7.43. The number of nitrogens with two attached hydrogens (primary N) is 1. The van der Waals surface area contributed by atoms with Crippen LogP contribution in [0.4, 0.5) is 26.2 Å². The van der Waals surface area contributed by atoms with Gasteiger partial charge in [0.1, 0.15) is 11.3 Å². The number of hydrogen-bond acceptors (Lipinski definition) is 5. The van der Waals surface area contributed by atoms with E-state index in [0.29, 0.717) is 35.9 Å². The van der Waals surface area contributed by atoms with Crippen LogP contribution in [0.5, 0.6) is 0 Å². The molecule has 2 aliphatic heterocycles. The Morgan fingerprint density at radius 1 is 1.19 bits per heavy atom. The van der Waals surface area contributed by atoms with Crippen LogP contribution in [-0.4, -0.2) is 42.0 Å². The van der Waals surface area contributed by atoms with Crippen molar-refractivity contribution in [1.82, 2.24) is 4.90 Å². The Balaban J connectivity index is 1.42. The molecule has 2 aliphatic rings. The minimum atomic E-state index is -0.561. The summed E-state index contributed by atoms with van der Waals surface area (Å²) in [4.78, 5) is 28.8. The maximum absolute atomic E-state index is 14.8. The lowest BCUT2D eigenvalue weighted by Gasteiger charge is -2.31. The number of piperidine rings is 1. The van der Waals surface area contributed by atoms with Crippen LogP contribution < -0.4 is 21.3 Å². The number of halogens is 2. The molecular formula is C21H23ClFN5O2S. The van der Waals surface area contributed by atoms with Gasteiger partial charge in [0.25, 0.3) is 0 Å². The first-order valence-corrected chi connectivity index (χ1v) is 11.3. The lowest BCUT2D eigenvalue weighted by atomic mass is 10.1. The fourth-order valence-corrected chi connectivity index (χ4v) is 4.90. The second kappa shape index (κ2) is 9.33. The topological polar surface area (TPSA) is 90.7 Å². The average Bonchev–Trinajstić information content (AvgIpc) is 3.03. The maximum atomic E-state index is 14.8. The average molecular weight is 464 g/mol.